The highest BCUT2D eigenvalue weighted by molar-refractivity contribution is 5.91. The van der Waals surface area contributed by atoms with Gasteiger partial charge in [-0.1, -0.05) is 12.1 Å². The van der Waals surface area contributed by atoms with Crippen molar-refractivity contribution in [1.29, 1.82) is 0 Å². The summed E-state index contributed by atoms with van der Waals surface area (Å²) in [5.74, 6) is 1.55. The van der Waals surface area contributed by atoms with E-state index in [0.717, 1.165) is 24.2 Å². The van der Waals surface area contributed by atoms with Crippen molar-refractivity contribution in [3.8, 4) is 5.75 Å². The zero-order chi connectivity index (χ0) is 16.9. The van der Waals surface area contributed by atoms with Crippen LogP contribution in [0.5, 0.6) is 5.75 Å². The summed E-state index contributed by atoms with van der Waals surface area (Å²) < 4.78 is 8.27. The molecular formula is C17H20N4O3. The summed E-state index contributed by atoms with van der Waals surface area (Å²) in [6, 6.07) is 7.76. The standard InChI is InChI=1S/C17H20N4O3/c1-19-16(23)21-9-8-20(11-14(21)18-19)15(22)17(6-7-17)12-4-3-5-13(10-12)24-2/h3-5,10H,6-9,11H2,1-2H3. The first-order chi connectivity index (χ1) is 11.5. The number of carbonyl (C=O) groups excluding carboxylic acids is 1. The molecular weight excluding hydrogens is 308 g/mol. The van der Waals surface area contributed by atoms with Crippen molar-refractivity contribution in [3.63, 3.8) is 0 Å². The minimum absolute atomic E-state index is 0.119. The van der Waals surface area contributed by atoms with Crippen LogP contribution in [0.1, 0.15) is 24.2 Å². The van der Waals surface area contributed by atoms with Gasteiger partial charge in [-0.05, 0) is 30.5 Å². The molecule has 0 saturated heterocycles. The van der Waals surface area contributed by atoms with Gasteiger partial charge >= 0.3 is 5.69 Å². The number of aryl methyl sites for hydroxylation is 1. The van der Waals surface area contributed by atoms with Crippen molar-refractivity contribution in [2.24, 2.45) is 7.05 Å². The average molecular weight is 328 g/mol. The van der Waals surface area contributed by atoms with Gasteiger partial charge in [-0.2, -0.15) is 5.10 Å². The van der Waals surface area contributed by atoms with Gasteiger partial charge in [-0.25, -0.2) is 9.48 Å². The predicted molar refractivity (Wildman–Crippen MR) is 86.8 cm³/mol. The van der Waals surface area contributed by atoms with E-state index in [2.05, 4.69) is 5.10 Å². The average Bonchev–Trinajstić information content (AvgIpc) is 3.37. The van der Waals surface area contributed by atoms with Crippen LogP contribution in [0.15, 0.2) is 29.1 Å². The number of rotatable bonds is 3. The lowest BCUT2D eigenvalue weighted by molar-refractivity contribution is -0.135. The van der Waals surface area contributed by atoms with Crippen molar-refractivity contribution in [3.05, 3.63) is 46.1 Å². The monoisotopic (exact) mass is 328 g/mol. The van der Waals surface area contributed by atoms with Crippen LogP contribution in [0, 0.1) is 0 Å². The number of hydrogen-bond donors (Lipinski definition) is 0. The Labute approximate surface area is 139 Å². The topological polar surface area (TPSA) is 69.4 Å². The molecule has 0 N–H and O–H groups in total. The van der Waals surface area contributed by atoms with Gasteiger partial charge in [-0.3, -0.25) is 9.36 Å². The van der Waals surface area contributed by atoms with E-state index in [1.54, 1.807) is 18.7 Å². The fraction of sp³-hybridized carbons (Fsp3) is 0.471. The highest BCUT2D eigenvalue weighted by atomic mass is 16.5. The van der Waals surface area contributed by atoms with Crippen LogP contribution < -0.4 is 10.4 Å². The Morgan fingerprint density at radius 2 is 2.08 bits per heavy atom. The molecule has 1 aliphatic heterocycles. The van der Waals surface area contributed by atoms with Gasteiger partial charge in [0.15, 0.2) is 5.82 Å². The van der Waals surface area contributed by atoms with Crippen molar-refractivity contribution in [2.75, 3.05) is 13.7 Å². The first kappa shape index (κ1) is 15.0. The fourth-order valence-corrected chi connectivity index (χ4v) is 3.51. The van der Waals surface area contributed by atoms with Crippen molar-refractivity contribution >= 4 is 5.91 Å². The highest BCUT2D eigenvalue weighted by Gasteiger charge is 2.53. The molecule has 0 bridgehead atoms. The lowest BCUT2D eigenvalue weighted by atomic mass is 9.94. The molecule has 1 aromatic carbocycles. The van der Waals surface area contributed by atoms with E-state index in [1.165, 1.54) is 4.68 Å². The summed E-state index contributed by atoms with van der Waals surface area (Å²) in [5.41, 5.74) is 0.452. The van der Waals surface area contributed by atoms with Crippen LogP contribution in [-0.4, -0.2) is 38.8 Å². The molecule has 1 aromatic heterocycles. The second-order valence-corrected chi connectivity index (χ2v) is 6.51. The van der Waals surface area contributed by atoms with Crippen LogP contribution in [-0.2, 0) is 30.3 Å². The lowest BCUT2D eigenvalue weighted by Gasteiger charge is -2.30. The Bertz CT molecular complexity index is 863. The van der Waals surface area contributed by atoms with E-state index in [1.807, 2.05) is 29.2 Å². The first-order valence-electron chi connectivity index (χ1n) is 8.12. The number of benzene rings is 1. The summed E-state index contributed by atoms with van der Waals surface area (Å²) in [6.45, 7) is 1.44. The number of hydrogen-bond acceptors (Lipinski definition) is 4. The molecule has 2 aromatic rings. The third kappa shape index (κ3) is 2.15. The van der Waals surface area contributed by atoms with Crippen molar-refractivity contribution in [1.82, 2.24) is 19.2 Å². The maximum atomic E-state index is 13.1. The molecule has 1 fully saturated rings. The van der Waals surface area contributed by atoms with Gasteiger partial charge in [0.1, 0.15) is 5.75 Å². The molecule has 2 heterocycles. The van der Waals surface area contributed by atoms with Crippen LogP contribution in [0.3, 0.4) is 0 Å². The zero-order valence-corrected chi connectivity index (χ0v) is 13.9. The summed E-state index contributed by atoms with van der Waals surface area (Å²) in [5, 5.41) is 4.24. The summed E-state index contributed by atoms with van der Waals surface area (Å²) in [7, 11) is 3.27. The molecule has 0 spiro atoms. The molecule has 0 atom stereocenters. The van der Waals surface area contributed by atoms with E-state index >= 15 is 0 Å². The minimum Gasteiger partial charge on any atom is -0.497 e. The number of carbonyl (C=O) groups is 1. The zero-order valence-electron chi connectivity index (χ0n) is 13.9. The van der Waals surface area contributed by atoms with Crippen LogP contribution >= 0.6 is 0 Å². The van der Waals surface area contributed by atoms with Crippen LogP contribution in [0.4, 0.5) is 0 Å². The molecule has 2 aliphatic rings. The van der Waals surface area contributed by atoms with Gasteiger partial charge in [0, 0.05) is 20.1 Å². The molecule has 1 saturated carbocycles. The third-order valence-corrected chi connectivity index (χ3v) is 5.08. The van der Waals surface area contributed by atoms with Gasteiger partial charge in [0.05, 0.1) is 19.1 Å². The second kappa shape index (κ2) is 5.22. The molecule has 1 amide bonds. The largest absolute Gasteiger partial charge is 0.497 e. The first-order valence-corrected chi connectivity index (χ1v) is 8.12. The molecule has 126 valence electrons. The van der Waals surface area contributed by atoms with E-state index in [0.29, 0.717) is 25.5 Å². The second-order valence-electron chi connectivity index (χ2n) is 6.51. The smallest absolute Gasteiger partial charge is 0.345 e. The maximum Gasteiger partial charge on any atom is 0.345 e. The Morgan fingerprint density at radius 3 is 2.79 bits per heavy atom. The normalized spacial score (nSPS) is 18.2. The van der Waals surface area contributed by atoms with E-state index in [9.17, 15) is 9.59 Å². The quantitative estimate of drug-likeness (QED) is 0.830. The Kier molecular flexibility index (Phi) is 3.26. The van der Waals surface area contributed by atoms with Crippen molar-refractivity contribution in [2.45, 2.75) is 31.3 Å². The van der Waals surface area contributed by atoms with E-state index < -0.39 is 5.41 Å². The minimum atomic E-state index is -0.439. The Balaban J connectivity index is 1.61. The third-order valence-electron chi connectivity index (χ3n) is 5.08. The maximum absolute atomic E-state index is 13.1. The van der Waals surface area contributed by atoms with Gasteiger partial charge in [0.25, 0.3) is 0 Å². The number of aromatic nitrogens is 3. The molecule has 24 heavy (non-hydrogen) atoms. The molecule has 1 aliphatic carbocycles. The number of nitrogens with zero attached hydrogens (tertiary/aromatic N) is 4. The molecule has 4 rings (SSSR count). The number of methoxy groups -OCH3 is 1. The van der Waals surface area contributed by atoms with Gasteiger partial charge in [-0.15, -0.1) is 0 Å². The predicted octanol–water partition coefficient (Wildman–Crippen LogP) is 0.664. The summed E-state index contributed by atoms with van der Waals surface area (Å²) in [6.07, 6.45) is 1.70. The number of ether oxygens (including phenoxy) is 1. The fourth-order valence-electron chi connectivity index (χ4n) is 3.51. The van der Waals surface area contributed by atoms with Crippen molar-refractivity contribution < 1.29 is 9.53 Å². The summed E-state index contributed by atoms with van der Waals surface area (Å²) in [4.78, 5) is 26.9. The van der Waals surface area contributed by atoms with Crippen LogP contribution in [0.2, 0.25) is 0 Å². The van der Waals surface area contributed by atoms with Gasteiger partial charge < -0.3 is 9.64 Å². The van der Waals surface area contributed by atoms with E-state index in [-0.39, 0.29) is 11.6 Å². The highest BCUT2D eigenvalue weighted by Crippen LogP contribution is 2.50. The summed E-state index contributed by atoms with van der Waals surface area (Å²) >= 11 is 0. The van der Waals surface area contributed by atoms with Crippen LogP contribution in [0.25, 0.3) is 0 Å². The molecule has 7 nitrogen and oxygen atoms in total. The number of amides is 1. The van der Waals surface area contributed by atoms with E-state index in [4.69, 9.17) is 4.74 Å². The molecule has 7 heteroatoms. The SMILES string of the molecule is COc1cccc(C2(C(=O)N3CCn4c(nn(C)c4=O)C3)CC2)c1. The Morgan fingerprint density at radius 1 is 1.29 bits per heavy atom. The number of fused-ring (bicyclic) bond motifs is 1. The van der Waals surface area contributed by atoms with Gasteiger partial charge in [0.2, 0.25) is 5.91 Å². The lowest BCUT2D eigenvalue weighted by Crippen LogP contribution is -2.45. The Hall–Kier alpha value is -2.57. The molecule has 0 radical (unpaired) electrons. The molecule has 0 unspecified atom stereocenters.